The molecule has 146 valence electrons. The van der Waals surface area contributed by atoms with Gasteiger partial charge < -0.3 is 20.1 Å². The fourth-order valence-corrected chi connectivity index (χ4v) is 3.02. The number of hydrogen-bond acceptors (Lipinski definition) is 5. The van der Waals surface area contributed by atoms with Crippen molar-refractivity contribution in [2.24, 2.45) is 0 Å². The number of carbonyl (C=O) groups is 3. The predicted molar refractivity (Wildman–Crippen MR) is 99.9 cm³/mol. The lowest BCUT2D eigenvalue weighted by Crippen LogP contribution is -2.48. The van der Waals surface area contributed by atoms with Gasteiger partial charge in [0.2, 0.25) is 5.91 Å². The highest BCUT2D eigenvalue weighted by Crippen LogP contribution is 2.32. The van der Waals surface area contributed by atoms with Crippen LogP contribution in [-0.4, -0.2) is 50.2 Å². The minimum absolute atomic E-state index is 0.0667. The molecular weight excluding hydrogens is 350 g/mol. The Morgan fingerprint density at radius 2 is 2.04 bits per heavy atom. The maximum atomic E-state index is 12.5. The van der Waals surface area contributed by atoms with Gasteiger partial charge in [0.05, 0.1) is 18.7 Å². The van der Waals surface area contributed by atoms with Crippen molar-refractivity contribution < 1.29 is 23.9 Å². The molecule has 2 N–H and O–H groups in total. The van der Waals surface area contributed by atoms with Gasteiger partial charge in [0, 0.05) is 25.0 Å². The van der Waals surface area contributed by atoms with Gasteiger partial charge in [0.1, 0.15) is 6.61 Å². The fourth-order valence-electron chi connectivity index (χ4n) is 3.02. The lowest BCUT2D eigenvalue weighted by Gasteiger charge is -2.35. The molecule has 0 saturated heterocycles. The largest absolute Gasteiger partial charge is 0.466 e. The quantitative estimate of drug-likeness (QED) is 0.712. The first kappa shape index (κ1) is 20.4. The number of esters is 1. The van der Waals surface area contributed by atoms with Crippen LogP contribution in [0.1, 0.15) is 31.9 Å². The van der Waals surface area contributed by atoms with Crippen molar-refractivity contribution in [3.8, 4) is 0 Å². The standard InChI is InChI=1S/C19H25N3O5/c1-5-9-22-12(2)16(18(24)27-4)17(21-19(22)25)13-7-6-8-14(10-13)20-15(23)11-26-3/h6-8,10,17H,5,9,11H2,1-4H3,(H,20,23)(H,21,25)/t17-/m1/s1. The lowest BCUT2D eigenvalue weighted by molar-refractivity contribution is -0.136. The maximum absolute atomic E-state index is 12.5. The fraction of sp³-hybridized carbons (Fsp3) is 0.421. The first-order chi connectivity index (χ1) is 12.9. The van der Waals surface area contributed by atoms with E-state index in [9.17, 15) is 14.4 Å². The van der Waals surface area contributed by atoms with Gasteiger partial charge in [-0.1, -0.05) is 19.1 Å². The summed E-state index contributed by atoms with van der Waals surface area (Å²) in [5.41, 5.74) is 2.13. The van der Waals surface area contributed by atoms with Crippen molar-refractivity contribution in [3.63, 3.8) is 0 Å². The molecule has 0 aromatic heterocycles. The van der Waals surface area contributed by atoms with Crippen LogP contribution in [0.25, 0.3) is 0 Å². The van der Waals surface area contributed by atoms with Crippen LogP contribution >= 0.6 is 0 Å². The topological polar surface area (TPSA) is 97.0 Å². The number of anilines is 1. The summed E-state index contributed by atoms with van der Waals surface area (Å²) in [5.74, 6) is -0.802. The molecule has 8 nitrogen and oxygen atoms in total. The Balaban J connectivity index is 2.42. The van der Waals surface area contributed by atoms with Crippen LogP contribution in [0.5, 0.6) is 0 Å². The number of carbonyl (C=O) groups excluding carboxylic acids is 3. The normalized spacial score (nSPS) is 16.8. The molecule has 8 heteroatoms. The Morgan fingerprint density at radius 1 is 1.30 bits per heavy atom. The summed E-state index contributed by atoms with van der Waals surface area (Å²) in [6, 6.07) is 6.01. The molecule has 0 bridgehead atoms. The first-order valence-electron chi connectivity index (χ1n) is 8.68. The smallest absolute Gasteiger partial charge is 0.337 e. The Bertz CT molecular complexity index is 759. The van der Waals surface area contributed by atoms with Gasteiger partial charge in [0.25, 0.3) is 0 Å². The third kappa shape index (κ3) is 4.65. The third-order valence-electron chi connectivity index (χ3n) is 4.23. The number of nitrogens with one attached hydrogen (secondary N) is 2. The molecule has 0 aliphatic carbocycles. The lowest BCUT2D eigenvalue weighted by atomic mass is 9.94. The molecule has 1 heterocycles. The summed E-state index contributed by atoms with van der Waals surface area (Å²) >= 11 is 0. The van der Waals surface area contributed by atoms with E-state index >= 15 is 0 Å². The number of nitrogens with zero attached hydrogens (tertiary/aromatic N) is 1. The number of urea groups is 1. The highest BCUT2D eigenvalue weighted by Gasteiger charge is 2.35. The molecule has 0 radical (unpaired) electrons. The predicted octanol–water partition coefficient (Wildman–Crippen LogP) is 2.19. The van der Waals surface area contributed by atoms with E-state index < -0.39 is 12.0 Å². The van der Waals surface area contributed by atoms with Crippen LogP contribution in [0.3, 0.4) is 0 Å². The molecule has 1 atom stereocenters. The van der Waals surface area contributed by atoms with Gasteiger partial charge >= 0.3 is 12.0 Å². The Hall–Kier alpha value is -2.87. The van der Waals surface area contributed by atoms with E-state index in [0.29, 0.717) is 29.1 Å². The summed E-state index contributed by atoms with van der Waals surface area (Å²) < 4.78 is 9.74. The van der Waals surface area contributed by atoms with Crippen LogP contribution in [0.2, 0.25) is 0 Å². The molecule has 0 fully saturated rings. The number of benzene rings is 1. The Labute approximate surface area is 158 Å². The van der Waals surface area contributed by atoms with E-state index in [1.54, 1.807) is 31.2 Å². The van der Waals surface area contributed by atoms with Gasteiger partial charge in [-0.3, -0.25) is 9.69 Å². The van der Waals surface area contributed by atoms with Crippen molar-refractivity contribution in [1.82, 2.24) is 10.2 Å². The summed E-state index contributed by atoms with van der Waals surface area (Å²) in [6.45, 7) is 4.12. The van der Waals surface area contributed by atoms with E-state index in [0.717, 1.165) is 6.42 Å². The van der Waals surface area contributed by atoms with E-state index in [1.807, 2.05) is 6.92 Å². The van der Waals surface area contributed by atoms with E-state index in [1.165, 1.54) is 19.1 Å². The van der Waals surface area contributed by atoms with Crippen LogP contribution in [0.15, 0.2) is 35.5 Å². The number of hydrogen-bond donors (Lipinski definition) is 2. The zero-order chi connectivity index (χ0) is 20.0. The summed E-state index contributed by atoms with van der Waals surface area (Å²) in [7, 11) is 2.74. The summed E-state index contributed by atoms with van der Waals surface area (Å²) in [5, 5.41) is 5.57. The zero-order valence-corrected chi connectivity index (χ0v) is 16.0. The Morgan fingerprint density at radius 3 is 2.67 bits per heavy atom. The molecule has 1 aromatic rings. The van der Waals surface area contributed by atoms with E-state index in [2.05, 4.69) is 10.6 Å². The number of methoxy groups -OCH3 is 2. The molecule has 1 aliphatic rings. The van der Waals surface area contributed by atoms with Crippen LogP contribution in [0, 0.1) is 0 Å². The van der Waals surface area contributed by atoms with Crippen molar-refractivity contribution >= 4 is 23.6 Å². The molecule has 0 unspecified atom stereocenters. The van der Waals surface area contributed by atoms with Gasteiger partial charge in [-0.2, -0.15) is 0 Å². The number of ether oxygens (including phenoxy) is 2. The second kappa shape index (κ2) is 9.18. The number of amides is 3. The molecule has 3 amide bonds. The summed E-state index contributed by atoms with van der Waals surface area (Å²) in [6.07, 6.45) is 0.755. The Kier molecular flexibility index (Phi) is 6.95. The minimum Gasteiger partial charge on any atom is -0.466 e. The highest BCUT2D eigenvalue weighted by molar-refractivity contribution is 5.95. The summed E-state index contributed by atoms with van der Waals surface area (Å²) in [4.78, 5) is 38.2. The maximum Gasteiger partial charge on any atom is 0.337 e. The first-order valence-corrected chi connectivity index (χ1v) is 8.68. The van der Waals surface area contributed by atoms with E-state index in [4.69, 9.17) is 9.47 Å². The number of rotatable bonds is 7. The molecule has 0 saturated carbocycles. The van der Waals surface area contributed by atoms with Crippen LogP contribution < -0.4 is 10.6 Å². The number of allylic oxidation sites excluding steroid dienone is 1. The third-order valence-corrected chi connectivity index (χ3v) is 4.23. The van der Waals surface area contributed by atoms with Crippen LogP contribution in [0.4, 0.5) is 10.5 Å². The zero-order valence-electron chi connectivity index (χ0n) is 16.0. The molecular formula is C19H25N3O5. The van der Waals surface area contributed by atoms with Gasteiger partial charge in [-0.25, -0.2) is 9.59 Å². The van der Waals surface area contributed by atoms with Crippen molar-refractivity contribution in [1.29, 1.82) is 0 Å². The second-order valence-corrected chi connectivity index (χ2v) is 6.13. The average molecular weight is 375 g/mol. The SMILES string of the molecule is CCCN1C(=O)N[C@H](c2cccc(NC(=O)COC)c2)C(C(=O)OC)=C1C. The van der Waals surface area contributed by atoms with Gasteiger partial charge in [-0.15, -0.1) is 0 Å². The van der Waals surface area contributed by atoms with Crippen LogP contribution in [-0.2, 0) is 19.1 Å². The molecule has 0 spiro atoms. The van der Waals surface area contributed by atoms with Crippen molar-refractivity contribution in [2.45, 2.75) is 26.3 Å². The highest BCUT2D eigenvalue weighted by atomic mass is 16.5. The van der Waals surface area contributed by atoms with Gasteiger partial charge in [-0.05, 0) is 31.0 Å². The molecule has 1 aliphatic heterocycles. The minimum atomic E-state index is -0.669. The average Bonchev–Trinajstić information content (AvgIpc) is 2.64. The molecule has 27 heavy (non-hydrogen) atoms. The monoisotopic (exact) mass is 375 g/mol. The van der Waals surface area contributed by atoms with Gasteiger partial charge in [0.15, 0.2) is 0 Å². The van der Waals surface area contributed by atoms with E-state index in [-0.39, 0.29) is 18.5 Å². The molecule has 1 aromatic carbocycles. The molecule has 2 rings (SSSR count). The van der Waals surface area contributed by atoms with Crippen molar-refractivity contribution in [3.05, 3.63) is 41.1 Å². The van der Waals surface area contributed by atoms with Crippen molar-refractivity contribution in [2.75, 3.05) is 32.7 Å². The second-order valence-electron chi connectivity index (χ2n) is 6.13.